The van der Waals surface area contributed by atoms with E-state index in [1.54, 1.807) is 93.5 Å². The normalized spacial score (nSPS) is 14.7. The van der Waals surface area contributed by atoms with Gasteiger partial charge in [-0.25, -0.2) is 0 Å². The molecule has 5 aromatic carbocycles. The first kappa shape index (κ1) is 138. The van der Waals surface area contributed by atoms with E-state index in [4.69, 9.17) is 58.7 Å². The molecule has 143 heavy (non-hydrogen) atoms. The summed E-state index contributed by atoms with van der Waals surface area (Å²) in [6.07, 6.45) is 12.1. The molecule has 2 fully saturated rings. The minimum atomic E-state index is -0.941. The van der Waals surface area contributed by atoms with E-state index < -0.39 is 51.0 Å². The van der Waals surface area contributed by atoms with Crippen LogP contribution in [0.3, 0.4) is 0 Å². The highest BCUT2D eigenvalue weighted by Crippen LogP contribution is 2.34. The first-order valence-electron chi connectivity index (χ1n) is 50.7. The van der Waals surface area contributed by atoms with Gasteiger partial charge in [-0.05, 0) is 234 Å². The second kappa shape index (κ2) is 72.3. The van der Waals surface area contributed by atoms with E-state index in [0.29, 0.717) is 62.3 Å². The number of esters is 7. The van der Waals surface area contributed by atoms with Crippen molar-refractivity contribution in [3.05, 3.63) is 168 Å². The van der Waals surface area contributed by atoms with Crippen LogP contribution in [0.25, 0.3) is 0 Å². The summed E-state index contributed by atoms with van der Waals surface area (Å²) >= 11 is 0. The number of ether oxygens (including phenoxy) is 7. The Labute approximate surface area is 856 Å². The number of aliphatic hydroxyl groups is 2. The number of carboxylic acids is 3. The second-order valence-electron chi connectivity index (χ2n) is 40.5. The number of aliphatic carboxylic acids is 3. The number of carboxylic acid groups (broad SMARTS) is 3. The molecule has 2 heterocycles. The summed E-state index contributed by atoms with van der Waals surface area (Å²) in [5.41, 5.74) is 1.29. The Morgan fingerprint density at radius 1 is 0.322 bits per heavy atom. The summed E-state index contributed by atoms with van der Waals surface area (Å²) in [6.45, 7) is 62.1. The summed E-state index contributed by atoms with van der Waals surface area (Å²) in [6, 6.07) is 48.2. The van der Waals surface area contributed by atoms with Gasteiger partial charge in [-0.15, -0.1) is 0 Å². The van der Waals surface area contributed by atoms with Crippen LogP contribution in [0.5, 0.6) is 0 Å². The minimum Gasteiger partial charge on any atom is -0.481 e. The molecular weight excluding hydrogens is 1830 g/mol. The number of imide groups is 2. The molecule has 808 valence electrons. The molecule has 6 unspecified atom stereocenters. The molecule has 5 aromatic rings. The first-order chi connectivity index (χ1) is 66.6. The molecule has 5 N–H and O–H groups in total. The van der Waals surface area contributed by atoms with Crippen molar-refractivity contribution in [3.63, 3.8) is 0 Å². The van der Waals surface area contributed by atoms with Gasteiger partial charge in [0, 0.05) is 36.5 Å². The van der Waals surface area contributed by atoms with Crippen molar-refractivity contribution in [1.82, 2.24) is 0 Å². The van der Waals surface area contributed by atoms with E-state index in [0.717, 1.165) is 49.7 Å². The maximum Gasteiger partial charge on any atom is 0.311 e. The Balaban J connectivity index is -0.000000749. The molecule has 6 atom stereocenters. The van der Waals surface area contributed by atoms with Crippen molar-refractivity contribution >= 4 is 94.7 Å². The topological polar surface area (TPSA) is 411 Å². The number of nitrogens with zero attached hydrogens (tertiary/aromatic N) is 2. The molecule has 0 bridgehead atoms. The van der Waals surface area contributed by atoms with Gasteiger partial charge in [0.25, 0.3) is 0 Å². The molecule has 0 aromatic heterocycles. The lowest BCUT2D eigenvalue weighted by atomic mass is 9.90. The molecule has 0 radical (unpaired) electrons. The van der Waals surface area contributed by atoms with Crippen molar-refractivity contribution in [1.29, 1.82) is 0 Å². The van der Waals surface area contributed by atoms with Gasteiger partial charge in [0.05, 0.1) is 74.5 Å². The fourth-order valence-corrected chi connectivity index (χ4v) is 10.5. The number of carbonyl (C=O) groups is 14. The third-order valence-electron chi connectivity index (χ3n) is 25.9. The largest absolute Gasteiger partial charge is 0.481 e. The van der Waals surface area contributed by atoms with Gasteiger partial charge in [-0.3, -0.25) is 76.9 Å². The van der Waals surface area contributed by atoms with Gasteiger partial charge >= 0.3 is 59.7 Å². The van der Waals surface area contributed by atoms with Gasteiger partial charge in [-0.2, -0.15) is 0 Å². The molecule has 0 saturated carbocycles. The average Bonchev–Trinajstić information content (AvgIpc) is 1.65. The van der Waals surface area contributed by atoms with E-state index in [2.05, 4.69) is 58.0 Å². The molecule has 4 amide bonds. The van der Waals surface area contributed by atoms with Crippen LogP contribution in [0.2, 0.25) is 0 Å². The minimum absolute atomic E-state index is 0.00254. The van der Waals surface area contributed by atoms with Crippen molar-refractivity contribution in [3.8, 4) is 0 Å². The number of para-hydroxylation sites is 2. The van der Waals surface area contributed by atoms with Crippen LogP contribution in [-0.2, 0) is 113 Å². The zero-order chi connectivity index (χ0) is 111. The Morgan fingerprint density at radius 2 is 0.580 bits per heavy atom. The fraction of sp³-hybridized carbons (Fsp3) is 0.617. The maximum absolute atomic E-state index is 11.8. The molecule has 2 aliphatic rings. The van der Waals surface area contributed by atoms with Crippen LogP contribution in [0.4, 0.5) is 11.4 Å². The highest BCUT2D eigenvalue weighted by Gasteiger charge is 2.45. The standard InChI is InChI=1S/C14H28O2.C13H22O6.2C13H18O2.2C12H13NO2.C10H14.2C8H16O3.2C6H12O2/c1-6-9-10-12(7-2)11-16-13(15)14(4,5)8-3;1-4-13(2,3)12(17)19-9-8-18-11(16)7-5-6-10(14)15;2*1-4-13(2,3)12(14)15-10-11-8-6-5-7-9-11;2*1-8-9(2)12(15)13(11(8)14)10-6-4-3-5-7-10;1-3-9(2)10-7-5-4-6-8-10;2*1-4-8(2,3)7(10)11-6-5-9;2*1-4-6(2,3)5(7)8/h12H,6-11H2,1-5H3;4-9H2,1-3H3,(H,14,15);2*5-9H,4,10H2,1-3H3;2*3-9H,1-2H3;4-9H,3H2,1-2H3;2*9H,4-6H2,1-3H3;2*4H2,1-3H3,(H,7,8). The number of carbonyl (C=O) groups excluding carboxylic acids is 11. The number of hydrogen-bond acceptors (Lipinski definition) is 23. The molecule has 0 spiro atoms. The molecule has 2 aliphatic heterocycles. The number of anilines is 2. The zero-order valence-corrected chi connectivity index (χ0v) is 92.8. The SMILES string of the molecule is CC1C(=O)N(c2ccccc2)C(=O)C1C.CC1C(=O)N(c2ccccc2)C(=O)C1C.CCC(C)(C)C(=O)O.CCC(C)(C)C(=O)O.CCC(C)(C)C(=O)OCCO.CCC(C)(C)C(=O)OCCO.CCC(C)(C)C(=O)OCCOC(=O)CCCC(=O)O.CCC(C)(C)C(=O)OCc1ccccc1.CCC(C)(C)C(=O)OCc1ccccc1.CCC(C)c1ccccc1.CCCCC(CC)COC(=O)C(C)(C)CC. The van der Waals surface area contributed by atoms with Crippen molar-refractivity contribution in [2.24, 2.45) is 72.9 Å². The van der Waals surface area contributed by atoms with Gasteiger partial charge in [0.2, 0.25) is 23.6 Å². The van der Waals surface area contributed by atoms with E-state index in [1.165, 1.54) is 41.0 Å². The predicted octanol–water partition coefficient (Wildman–Crippen LogP) is 24.1. The van der Waals surface area contributed by atoms with Crippen LogP contribution in [-0.4, -0.2) is 155 Å². The van der Waals surface area contributed by atoms with Gasteiger partial charge in [-0.1, -0.05) is 257 Å². The first-order valence-corrected chi connectivity index (χ1v) is 50.7. The lowest BCUT2D eigenvalue weighted by molar-refractivity contribution is -0.159. The van der Waals surface area contributed by atoms with Crippen molar-refractivity contribution < 1.29 is 126 Å². The molecule has 28 heteroatoms. The second-order valence-corrected chi connectivity index (χ2v) is 40.5. The van der Waals surface area contributed by atoms with Gasteiger partial charge < -0.3 is 58.7 Å². The maximum atomic E-state index is 11.8. The van der Waals surface area contributed by atoms with Gasteiger partial charge in [0.15, 0.2) is 0 Å². The third-order valence-corrected chi connectivity index (χ3v) is 25.9. The van der Waals surface area contributed by atoms with E-state index in [9.17, 15) is 67.1 Å². The predicted molar refractivity (Wildman–Crippen MR) is 564 cm³/mol. The summed E-state index contributed by atoms with van der Waals surface area (Å²) in [4.78, 5) is 161. The lowest BCUT2D eigenvalue weighted by Gasteiger charge is -2.22. The van der Waals surface area contributed by atoms with E-state index in [1.807, 2.05) is 222 Å². The third kappa shape index (κ3) is 56.2. The Morgan fingerprint density at radius 3 is 0.825 bits per heavy atom. The fourth-order valence-electron chi connectivity index (χ4n) is 10.5. The Kier molecular flexibility index (Phi) is 69.9. The quantitative estimate of drug-likeness (QED) is 0.0105. The smallest absolute Gasteiger partial charge is 0.311 e. The Bertz CT molecular complexity index is 4220. The summed E-state index contributed by atoms with van der Waals surface area (Å²) in [5.74, 6) is -3.97. The monoisotopic (exact) mass is 2010 g/mol. The zero-order valence-electron chi connectivity index (χ0n) is 92.8. The summed E-state index contributed by atoms with van der Waals surface area (Å²) in [5, 5.41) is 42.0. The van der Waals surface area contributed by atoms with Crippen LogP contribution in [0.15, 0.2) is 152 Å². The summed E-state index contributed by atoms with van der Waals surface area (Å²) < 4.78 is 35.2. The van der Waals surface area contributed by atoms with Crippen LogP contribution < -0.4 is 9.80 Å². The number of amides is 4. The molecular formula is C115H182N2O26. The highest BCUT2D eigenvalue weighted by atomic mass is 16.6. The van der Waals surface area contributed by atoms with E-state index in [-0.39, 0.29) is 158 Å². The number of benzene rings is 5. The van der Waals surface area contributed by atoms with E-state index >= 15 is 0 Å². The summed E-state index contributed by atoms with van der Waals surface area (Å²) in [7, 11) is 0. The molecule has 7 rings (SSSR count). The molecule has 0 aliphatic carbocycles. The van der Waals surface area contributed by atoms with Crippen LogP contribution in [0, 0.1) is 72.9 Å². The van der Waals surface area contributed by atoms with Crippen molar-refractivity contribution in [2.45, 2.75) is 343 Å². The lowest BCUT2D eigenvalue weighted by Crippen LogP contribution is -2.30. The number of unbranched alkanes of at least 4 members (excludes halogenated alkanes) is 1. The van der Waals surface area contributed by atoms with Crippen LogP contribution in [0.1, 0.15) is 347 Å². The molecule has 2 saturated heterocycles. The average molecular weight is 2010 g/mol. The number of rotatable bonds is 41. The number of hydrogen-bond donors (Lipinski definition) is 5. The Hall–Kier alpha value is -11.0. The number of aliphatic hydroxyl groups excluding tert-OH is 2. The molecule has 28 nitrogen and oxygen atoms in total. The van der Waals surface area contributed by atoms with Gasteiger partial charge in [0.1, 0.15) is 39.6 Å². The van der Waals surface area contributed by atoms with Crippen LogP contribution >= 0.6 is 0 Å². The van der Waals surface area contributed by atoms with Crippen molar-refractivity contribution in [2.75, 3.05) is 56.0 Å². The highest BCUT2D eigenvalue weighted by molar-refractivity contribution is 6.22.